The summed E-state index contributed by atoms with van der Waals surface area (Å²) in [5.41, 5.74) is 7.92. The summed E-state index contributed by atoms with van der Waals surface area (Å²) in [6.45, 7) is 2.12. The monoisotopic (exact) mass is 383 g/mol. The van der Waals surface area contributed by atoms with E-state index in [1.807, 2.05) is 31.2 Å². The van der Waals surface area contributed by atoms with Gasteiger partial charge in [-0.1, -0.05) is 42.5 Å². The quantitative estimate of drug-likeness (QED) is 0.804. The predicted molar refractivity (Wildman–Crippen MR) is 106 cm³/mol. The zero-order chi connectivity index (χ0) is 20.1. The number of carbonyl (C=O) groups excluding carboxylic acids is 2. The van der Waals surface area contributed by atoms with Crippen LogP contribution in [0.2, 0.25) is 0 Å². The van der Waals surface area contributed by atoms with Crippen LogP contribution >= 0.6 is 0 Å². The van der Waals surface area contributed by atoms with E-state index in [9.17, 15) is 14.0 Å². The molecule has 1 aliphatic heterocycles. The van der Waals surface area contributed by atoms with Crippen LogP contribution in [-0.2, 0) is 24.2 Å². The summed E-state index contributed by atoms with van der Waals surface area (Å²) in [5.74, 6) is -0.542. The van der Waals surface area contributed by atoms with Gasteiger partial charge in [-0.05, 0) is 49.8 Å². The molecule has 3 amide bonds. The lowest BCUT2D eigenvalue weighted by Crippen LogP contribution is -2.55. The van der Waals surface area contributed by atoms with Gasteiger partial charge in [-0.2, -0.15) is 0 Å². The molecule has 0 aromatic heterocycles. The maximum absolute atomic E-state index is 14.4. The normalized spacial score (nSPS) is 19.5. The Bertz CT molecular complexity index is 841. The molecular formula is C22H26FN3O2. The number of likely N-dealkylation sites (tertiary alicyclic amines) is 1. The van der Waals surface area contributed by atoms with Crippen LogP contribution in [0.25, 0.3) is 0 Å². The van der Waals surface area contributed by atoms with Crippen molar-refractivity contribution < 1.29 is 14.0 Å². The van der Waals surface area contributed by atoms with Crippen molar-refractivity contribution in [3.8, 4) is 0 Å². The highest BCUT2D eigenvalue weighted by atomic mass is 19.1. The summed E-state index contributed by atoms with van der Waals surface area (Å²) in [7, 11) is 0. The molecule has 2 atom stereocenters. The summed E-state index contributed by atoms with van der Waals surface area (Å²) < 4.78 is 14.4. The highest BCUT2D eigenvalue weighted by molar-refractivity contribution is 5.87. The molecule has 0 bridgehead atoms. The van der Waals surface area contributed by atoms with Crippen LogP contribution in [0.15, 0.2) is 48.5 Å². The van der Waals surface area contributed by atoms with Gasteiger partial charge in [-0.3, -0.25) is 4.79 Å². The number of nitrogens with one attached hydrogen (secondary N) is 1. The zero-order valence-electron chi connectivity index (χ0n) is 16.0. The second-order valence-electron chi connectivity index (χ2n) is 7.37. The minimum Gasteiger partial charge on any atom is -0.352 e. The molecule has 148 valence electrons. The van der Waals surface area contributed by atoms with E-state index in [4.69, 9.17) is 5.73 Å². The maximum Gasteiger partial charge on any atom is 0.312 e. The second kappa shape index (κ2) is 8.87. The minimum absolute atomic E-state index is 0.0224. The third kappa shape index (κ3) is 4.88. The molecule has 1 heterocycles. The van der Waals surface area contributed by atoms with Gasteiger partial charge in [0.05, 0.1) is 0 Å². The summed E-state index contributed by atoms with van der Waals surface area (Å²) in [6, 6.07) is 13.9. The van der Waals surface area contributed by atoms with Gasteiger partial charge >= 0.3 is 6.03 Å². The molecule has 5 nitrogen and oxygen atoms in total. The molecule has 0 unspecified atom stereocenters. The van der Waals surface area contributed by atoms with Crippen LogP contribution in [-0.4, -0.2) is 28.9 Å². The van der Waals surface area contributed by atoms with Gasteiger partial charge in [0.2, 0.25) is 5.91 Å². The first-order chi connectivity index (χ1) is 13.4. The van der Waals surface area contributed by atoms with Crippen LogP contribution < -0.4 is 11.1 Å². The third-order valence-electron chi connectivity index (χ3n) is 5.30. The van der Waals surface area contributed by atoms with E-state index >= 15 is 0 Å². The summed E-state index contributed by atoms with van der Waals surface area (Å²) in [6.07, 6.45) is 2.94. The molecule has 28 heavy (non-hydrogen) atoms. The standard InChI is InChI=1S/C22H26FN3O2/c1-15-7-12-20(25-22(24)28)21(27)26(15)14-18-13-17(10-11-19(18)23)9-8-16-5-3-2-4-6-16/h2-6,10-11,13,15,20H,7-9,12,14H2,1H3,(H3,24,25,28)/t15-,20-/m1/s1. The summed E-state index contributed by atoms with van der Waals surface area (Å²) in [5, 5.41) is 2.49. The van der Waals surface area contributed by atoms with Gasteiger partial charge in [-0.15, -0.1) is 0 Å². The molecule has 1 aliphatic rings. The van der Waals surface area contributed by atoms with Gasteiger partial charge in [0, 0.05) is 18.2 Å². The first-order valence-corrected chi connectivity index (χ1v) is 9.61. The Morgan fingerprint density at radius 1 is 1.14 bits per heavy atom. The predicted octanol–water partition coefficient (Wildman–Crippen LogP) is 3.16. The number of halogens is 1. The van der Waals surface area contributed by atoms with Crippen LogP contribution in [0.3, 0.4) is 0 Å². The summed E-state index contributed by atoms with van der Waals surface area (Å²) >= 11 is 0. The number of hydrogen-bond acceptors (Lipinski definition) is 2. The number of rotatable bonds is 6. The minimum atomic E-state index is -0.720. The lowest BCUT2D eigenvalue weighted by molar-refractivity contribution is -0.139. The fourth-order valence-electron chi connectivity index (χ4n) is 3.67. The largest absolute Gasteiger partial charge is 0.352 e. The SMILES string of the molecule is C[C@@H]1CC[C@@H](NC(N)=O)C(=O)N1Cc1cc(CCc2ccccc2)ccc1F. The Balaban J connectivity index is 1.71. The molecule has 3 rings (SSSR count). The highest BCUT2D eigenvalue weighted by Crippen LogP contribution is 2.23. The van der Waals surface area contributed by atoms with E-state index in [2.05, 4.69) is 17.4 Å². The number of primary amides is 1. The molecule has 2 aromatic rings. The molecule has 2 aromatic carbocycles. The second-order valence-corrected chi connectivity index (χ2v) is 7.37. The van der Waals surface area contributed by atoms with Gasteiger partial charge in [0.15, 0.2) is 0 Å². The fourth-order valence-corrected chi connectivity index (χ4v) is 3.67. The molecule has 0 saturated carbocycles. The van der Waals surface area contributed by atoms with Crippen molar-refractivity contribution in [3.05, 3.63) is 71.0 Å². The lowest BCUT2D eigenvalue weighted by Gasteiger charge is -2.37. The molecule has 0 radical (unpaired) electrons. The van der Waals surface area contributed by atoms with E-state index in [0.29, 0.717) is 12.0 Å². The number of benzene rings is 2. The molecule has 1 fully saturated rings. The van der Waals surface area contributed by atoms with Gasteiger partial charge in [0.25, 0.3) is 0 Å². The average Bonchev–Trinajstić information content (AvgIpc) is 2.68. The number of aryl methyl sites for hydroxylation is 2. The third-order valence-corrected chi connectivity index (χ3v) is 5.30. The number of amides is 3. The average molecular weight is 383 g/mol. The number of nitrogens with zero attached hydrogens (tertiary/aromatic N) is 1. The van der Waals surface area contributed by atoms with Crippen LogP contribution in [0.4, 0.5) is 9.18 Å². The number of nitrogens with two attached hydrogens (primary N) is 1. The van der Waals surface area contributed by atoms with Crippen molar-refractivity contribution in [2.75, 3.05) is 0 Å². The number of urea groups is 1. The van der Waals surface area contributed by atoms with Crippen molar-refractivity contribution in [1.82, 2.24) is 10.2 Å². The Morgan fingerprint density at radius 3 is 2.57 bits per heavy atom. The Labute approximate surface area is 164 Å². The van der Waals surface area contributed by atoms with Crippen LogP contribution in [0.5, 0.6) is 0 Å². The Kier molecular flexibility index (Phi) is 6.29. The molecule has 0 aliphatic carbocycles. The van der Waals surface area contributed by atoms with Gasteiger partial charge in [-0.25, -0.2) is 9.18 Å². The smallest absolute Gasteiger partial charge is 0.312 e. The van der Waals surface area contributed by atoms with Crippen molar-refractivity contribution in [3.63, 3.8) is 0 Å². The van der Waals surface area contributed by atoms with E-state index < -0.39 is 12.1 Å². The van der Waals surface area contributed by atoms with E-state index in [1.54, 1.807) is 11.0 Å². The van der Waals surface area contributed by atoms with E-state index in [-0.39, 0.29) is 24.3 Å². The van der Waals surface area contributed by atoms with E-state index in [1.165, 1.54) is 11.6 Å². The van der Waals surface area contributed by atoms with Crippen molar-refractivity contribution in [2.24, 2.45) is 5.73 Å². The van der Waals surface area contributed by atoms with Gasteiger partial charge < -0.3 is 16.0 Å². The maximum atomic E-state index is 14.4. The molecule has 1 saturated heterocycles. The number of hydrogen-bond donors (Lipinski definition) is 2. The topological polar surface area (TPSA) is 75.4 Å². The fraction of sp³-hybridized carbons (Fsp3) is 0.364. The Hall–Kier alpha value is -2.89. The number of carbonyl (C=O) groups is 2. The van der Waals surface area contributed by atoms with Crippen molar-refractivity contribution >= 4 is 11.9 Å². The van der Waals surface area contributed by atoms with Crippen molar-refractivity contribution in [2.45, 2.75) is 51.2 Å². The molecule has 6 heteroatoms. The van der Waals surface area contributed by atoms with Crippen LogP contribution in [0, 0.1) is 5.82 Å². The lowest BCUT2D eigenvalue weighted by atomic mass is 9.97. The van der Waals surface area contributed by atoms with Crippen molar-refractivity contribution in [1.29, 1.82) is 0 Å². The molecule has 0 spiro atoms. The first kappa shape index (κ1) is 19.9. The zero-order valence-corrected chi connectivity index (χ0v) is 16.0. The Morgan fingerprint density at radius 2 is 1.86 bits per heavy atom. The van der Waals surface area contributed by atoms with E-state index in [0.717, 1.165) is 24.8 Å². The van der Waals surface area contributed by atoms with Crippen LogP contribution in [0.1, 0.15) is 36.5 Å². The summed E-state index contributed by atoms with van der Waals surface area (Å²) in [4.78, 5) is 25.5. The molecular weight excluding hydrogens is 357 g/mol. The first-order valence-electron chi connectivity index (χ1n) is 9.61. The van der Waals surface area contributed by atoms with Gasteiger partial charge in [0.1, 0.15) is 11.9 Å². The molecule has 3 N–H and O–H groups in total. The highest BCUT2D eigenvalue weighted by Gasteiger charge is 2.34. The number of piperidine rings is 1.